The van der Waals surface area contributed by atoms with Gasteiger partial charge in [-0.3, -0.25) is 10.1 Å². The number of carbonyl (C=O) groups excluding carboxylic acids is 1. The Labute approximate surface area is 121 Å². The molecular weight excluding hydrogens is 292 g/mol. The highest BCUT2D eigenvalue weighted by Crippen LogP contribution is 2.31. The van der Waals surface area contributed by atoms with Crippen molar-refractivity contribution in [1.82, 2.24) is 14.8 Å². The van der Waals surface area contributed by atoms with E-state index in [4.69, 9.17) is 0 Å². The molecule has 1 N–H and O–H groups in total. The number of aromatic nitrogens is 3. The lowest BCUT2D eigenvalue weighted by atomic mass is 10.0. The first kappa shape index (κ1) is 13.5. The standard InChI is InChI=1S/C13H12N4O3S/c1-8-10(12(18)16-13-14-7-15-17(13)2)4-3-9-5-6-21(19,20)11(8)9/h3-7H,1-2H3,(H,14,15,16,18). The third-order valence-electron chi connectivity index (χ3n) is 3.33. The second-order valence-corrected chi connectivity index (χ2v) is 6.44. The zero-order chi connectivity index (χ0) is 15.2. The highest BCUT2D eigenvalue weighted by molar-refractivity contribution is 7.94. The van der Waals surface area contributed by atoms with E-state index in [1.807, 2.05) is 0 Å². The topological polar surface area (TPSA) is 93.9 Å². The molecule has 0 bridgehead atoms. The van der Waals surface area contributed by atoms with E-state index in [0.29, 0.717) is 22.6 Å². The molecule has 0 radical (unpaired) electrons. The molecule has 0 saturated heterocycles. The van der Waals surface area contributed by atoms with Crippen molar-refractivity contribution in [2.24, 2.45) is 7.05 Å². The first-order chi connectivity index (χ1) is 9.90. The molecule has 2 aromatic rings. The highest BCUT2D eigenvalue weighted by atomic mass is 32.2. The van der Waals surface area contributed by atoms with Crippen molar-refractivity contribution in [2.75, 3.05) is 5.32 Å². The minimum atomic E-state index is -3.46. The summed E-state index contributed by atoms with van der Waals surface area (Å²) in [5.41, 5.74) is 1.32. The molecule has 0 saturated carbocycles. The van der Waals surface area contributed by atoms with E-state index in [9.17, 15) is 13.2 Å². The van der Waals surface area contributed by atoms with Crippen molar-refractivity contribution in [2.45, 2.75) is 11.8 Å². The van der Waals surface area contributed by atoms with E-state index in [1.54, 1.807) is 26.1 Å². The van der Waals surface area contributed by atoms with Crippen LogP contribution in [0.15, 0.2) is 28.8 Å². The van der Waals surface area contributed by atoms with Gasteiger partial charge in [0.15, 0.2) is 0 Å². The average molecular weight is 304 g/mol. The summed E-state index contributed by atoms with van der Waals surface area (Å²) in [5.74, 6) is -0.130. The molecule has 1 amide bonds. The van der Waals surface area contributed by atoms with Crippen LogP contribution in [0.4, 0.5) is 5.95 Å². The fourth-order valence-corrected chi connectivity index (χ4v) is 3.74. The normalized spacial score (nSPS) is 15.0. The van der Waals surface area contributed by atoms with Crippen LogP contribution in [0.5, 0.6) is 0 Å². The summed E-state index contributed by atoms with van der Waals surface area (Å²) in [6, 6.07) is 3.22. The fourth-order valence-electron chi connectivity index (χ4n) is 2.28. The van der Waals surface area contributed by atoms with Gasteiger partial charge in [-0.25, -0.2) is 13.1 Å². The van der Waals surface area contributed by atoms with Gasteiger partial charge in [0.1, 0.15) is 6.33 Å². The summed E-state index contributed by atoms with van der Waals surface area (Å²) in [4.78, 5) is 16.4. The minimum Gasteiger partial charge on any atom is -0.291 e. The van der Waals surface area contributed by atoms with Gasteiger partial charge in [-0.15, -0.1) is 0 Å². The summed E-state index contributed by atoms with van der Waals surface area (Å²) >= 11 is 0. The average Bonchev–Trinajstić information content (AvgIpc) is 2.94. The fraction of sp³-hybridized carbons (Fsp3) is 0.154. The van der Waals surface area contributed by atoms with Gasteiger partial charge >= 0.3 is 0 Å². The largest absolute Gasteiger partial charge is 0.291 e. The van der Waals surface area contributed by atoms with Crippen LogP contribution in [0, 0.1) is 6.92 Å². The van der Waals surface area contributed by atoms with Gasteiger partial charge in [-0.1, -0.05) is 6.07 Å². The molecule has 0 atom stereocenters. The van der Waals surface area contributed by atoms with E-state index in [2.05, 4.69) is 15.4 Å². The Bertz CT molecular complexity index is 881. The number of amides is 1. The molecule has 1 aromatic carbocycles. The number of nitrogens with one attached hydrogen (secondary N) is 1. The number of carbonyl (C=O) groups is 1. The number of benzene rings is 1. The molecule has 1 aliphatic rings. The van der Waals surface area contributed by atoms with Crippen LogP contribution in [-0.4, -0.2) is 29.1 Å². The smallest absolute Gasteiger partial charge is 0.258 e. The second-order valence-electron chi connectivity index (χ2n) is 4.67. The van der Waals surface area contributed by atoms with Gasteiger partial charge in [0.05, 0.1) is 4.90 Å². The lowest BCUT2D eigenvalue weighted by Crippen LogP contribution is -2.17. The quantitative estimate of drug-likeness (QED) is 0.897. The molecule has 8 heteroatoms. The second kappa shape index (κ2) is 4.52. The Morgan fingerprint density at radius 2 is 2.10 bits per heavy atom. The SMILES string of the molecule is Cc1c(C(=O)Nc2ncnn2C)ccc2c1S(=O)(=O)C=C2. The molecule has 2 heterocycles. The molecular formula is C13H12N4O3S. The predicted molar refractivity (Wildman–Crippen MR) is 76.4 cm³/mol. The Kier molecular flexibility index (Phi) is 2.91. The Morgan fingerprint density at radius 3 is 2.76 bits per heavy atom. The number of anilines is 1. The van der Waals surface area contributed by atoms with Gasteiger partial charge in [0.25, 0.3) is 5.91 Å². The van der Waals surface area contributed by atoms with Crippen molar-refractivity contribution < 1.29 is 13.2 Å². The van der Waals surface area contributed by atoms with Crippen molar-refractivity contribution in [3.05, 3.63) is 40.6 Å². The van der Waals surface area contributed by atoms with Crippen LogP contribution < -0.4 is 5.32 Å². The molecule has 0 spiro atoms. The Balaban J connectivity index is 2.02. The molecule has 0 fully saturated rings. The zero-order valence-corrected chi connectivity index (χ0v) is 12.2. The molecule has 1 aromatic heterocycles. The van der Waals surface area contributed by atoms with Crippen LogP contribution in [0.1, 0.15) is 21.5 Å². The molecule has 7 nitrogen and oxygen atoms in total. The third-order valence-corrected chi connectivity index (χ3v) is 4.93. The van der Waals surface area contributed by atoms with Crippen LogP contribution in [0.3, 0.4) is 0 Å². The molecule has 3 rings (SSSR count). The molecule has 0 aliphatic carbocycles. The Hall–Kier alpha value is -2.48. The maximum atomic E-state index is 12.3. The number of hydrogen-bond donors (Lipinski definition) is 1. The van der Waals surface area contributed by atoms with E-state index < -0.39 is 15.7 Å². The van der Waals surface area contributed by atoms with Crippen LogP contribution in [0.25, 0.3) is 6.08 Å². The predicted octanol–water partition coefficient (Wildman–Crippen LogP) is 1.13. The van der Waals surface area contributed by atoms with Crippen molar-refractivity contribution >= 4 is 27.8 Å². The molecule has 108 valence electrons. The van der Waals surface area contributed by atoms with Gasteiger partial charge in [-0.2, -0.15) is 10.1 Å². The van der Waals surface area contributed by atoms with Crippen LogP contribution in [0.2, 0.25) is 0 Å². The maximum absolute atomic E-state index is 12.3. The summed E-state index contributed by atoms with van der Waals surface area (Å²) in [7, 11) is -1.81. The lowest BCUT2D eigenvalue weighted by molar-refractivity contribution is 0.102. The molecule has 1 aliphatic heterocycles. The van der Waals surface area contributed by atoms with Crippen molar-refractivity contribution in [3.8, 4) is 0 Å². The van der Waals surface area contributed by atoms with E-state index in [-0.39, 0.29) is 4.90 Å². The monoisotopic (exact) mass is 304 g/mol. The number of rotatable bonds is 2. The van der Waals surface area contributed by atoms with E-state index >= 15 is 0 Å². The number of fused-ring (bicyclic) bond motifs is 1. The Morgan fingerprint density at radius 1 is 1.33 bits per heavy atom. The van der Waals surface area contributed by atoms with Crippen molar-refractivity contribution in [1.29, 1.82) is 0 Å². The number of aryl methyl sites for hydroxylation is 1. The summed E-state index contributed by atoms with van der Waals surface area (Å²) in [6.07, 6.45) is 2.85. The first-order valence-electron chi connectivity index (χ1n) is 6.12. The number of nitrogens with zero attached hydrogens (tertiary/aromatic N) is 3. The maximum Gasteiger partial charge on any atom is 0.258 e. The molecule has 0 unspecified atom stereocenters. The highest BCUT2D eigenvalue weighted by Gasteiger charge is 2.26. The van der Waals surface area contributed by atoms with Gasteiger partial charge in [0.2, 0.25) is 15.8 Å². The van der Waals surface area contributed by atoms with Crippen molar-refractivity contribution in [3.63, 3.8) is 0 Å². The summed E-state index contributed by atoms with van der Waals surface area (Å²) < 4.78 is 25.4. The zero-order valence-electron chi connectivity index (χ0n) is 11.4. The van der Waals surface area contributed by atoms with Crippen LogP contribution in [-0.2, 0) is 16.9 Å². The van der Waals surface area contributed by atoms with E-state index in [1.165, 1.54) is 17.1 Å². The number of hydrogen-bond acceptors (Lipinski definition) is 5. The molecule has 21 heavy (non-hydrogen) atoms. The lowest BCUT2D eigenvalue weighted by Gasteiger charge is -2.10. The number of sulfone groups is 1. The van der Waals surface area contributed by atoms with Gasteiger partial charge in [0, 0.05) is 18.0 Å². The van der Waals surface area contributed by atoms with Gasteiger partial charge in [-0.05, 0) is 30.2 Å². The first-order valence-corrected chi connectivity index (χ1v) is 7.67. The van der Waals surface area contributed by atoms with Gasteiger partial charge < -0.3 is 0 Å². The minimum absolute atomic E-state index is 0.188. The summed E-state index contributed by atoms with van der Waals surface area (Å²) in [5, 5.41) is 7.60. The van der Waals surface area contributed by atoms with E-state index in [0.717, 1.165) is 5.41 Å². The third kappa shape index (κ3) is 2.13. The summed E-state index contributed by atoms with van der Waals surface area (Å²) in [6.45, 7) is 1.62. The van der Waals surface area contributed by atoms with Crippen LogP contribution >= 0.6 is 0 Å².